The highest BCUT2D eigenvalue weighted by Gasteiger charge is 2.15. The molecule has 0 fully saturated rings. The van der Waals surface area contributed by atoms with Gasteiger partial charge in [-0.05, 0) is 22.0 Å². The van der Waals surface area contributed by atoms with Gasteiger partial charge in [-0.1, -0.05) is 5.16 Å². The normalized spacial score (nSPS) is 10.5. The van der Waals surface area contributed by atoms with E-state index in [2.05, 4.69) is 26.1 Å². The zero-order valence-corrected chi connectivity index (χ0v) is 10.6. The highest BCUT2D eigenvalue weighted by molar-refractivity contribution is 9.10. The molecular formula is C10H10BrN3O3. The van der Waals surface area contributed by atoms with Gasteiger partial charge in [-0.3, -0.25) is 0 Å². The largest absolute Gasteiger partial charge is 0.507 e. The molecule has 0 amide bonds. The monoisotopic (exact) mass is 299 g/mol. The standard InChI is InChI=1S/C10H10BrN3O3/c1-16-8-3-7(15)5(2-6(8)11)10-13-9(4-12)17-14-10/h2-3,15H,4,12H2,1H3. The fourth-order valence-corrected chi connectivity index (χ4v) is 1.83. The van der Waals surface area contributed by atoms with Crippen LogP contribution in [0.15, 0.2) is 21.1 Å². The molecule has 0 radical (unpaired) electrons. The second-order valence-electron chi connectivity index (χ2n) is 3.22. The fourth-order valence-electron chi connectivity index (χ4n) is 1.33. The van der Waals surface area contributed by atoms with E-state index in [0.29, 0.717) is 21.7 Å². The van der Waals surface area contributed by atoms with Crippen molar-refractivity contribution in [2.75, 3.05) is 7.11 Å². The fraction of sp³-hybridized carbons (Fsp3) is 0.200. The number of rotatable bonds is 3. The Morgan fingerprint density at radius 1 is 1.53 bits per heavy atom. The van der Waals surface area contributed by atoms with Crippen molar-refractivity contribution in [1.82, 2.24) is 10.1 Å². The maximum absolute atomic E-state index is 9.83. The molecular weight excluding hydrogens is 290 g/mol. The van der Waals surface area contributed by atoms with E-state index in [9.17, 15) is 5.11 Å². The summed E-state index contributed by atoms with van der Waals surface area (Å²) in [6.45, 7) is 0.158. The molecule has 3 N–H and O–H groups in total. The number of halogens is 1. The highest BCUT2D eigenvalue weighted by atomic mass is 79.9. The predicted molar refractivity (Wildman–Crippen MR) is 63.5 cm³/mol. The van der Waals surface area contributed by atoms with E-state index in [1.165, 1.54) is 13.2 Å². The zero-order valence-electron chi connectivity index (χ0n) is 8.98. The van der Waals surface area contributed by atoms with Crippen LogP contribution in [0.25, 0.3) is 11.4 Å². The molecule has 1 aromatic heterocycles. The Balaban J connectivity index is 2.48. The summed E-state index contributed by atoms with van der Waals surface area (Å²) in [6.07, 6.45) is 0. The third-order valence-electron chi connectivity index (χ3n) is 2.15. The van der Waals surface area contributed by atoms with Gasteiger partial charge in [0.05, 0.1) is 23.7 Å². The Bertz CT molecular complexity index is 542. The molecule has 6 nitrogen and oxygen atoms in total. The van der Waals surface area contributed by atoms with Crippen molar-refractivity contribution < 1.29 is 14.4 Å². The summed E-state index contributed by atoms with van der Waals surface area (Å²) >= 11 is 3.32. The molecule has 0 aliphatic heterocycles. The van der Waals surface area contributed by atoms with E-state index < -0.39 is 0 Å². The third kappa shape index (κ3) is 2.25. The van der Waals surface area contributed by atoms with Crippen LogP contribution in [-0.4, -0.2) is 22.4 Å². The average molecular weight is 300 g/mol. The molecule has 0 unspecified atom stereocenters. The summed E-state index contributed by atoms with van der Waals surface area (Å²) in [6, 6.07) is 3.12. The SMILES string of the molecule is COc1cc(O)c(-c2noc(CN)n2)cc1Br. The minimum atomic E-state index is 0.00872. The lowest BCUT2D eigenvalue weighted by Gasteiger charge is -2.06. The van der Waals surface area contributed by atoms with Crippen LogP contribution >= 0.6 is 15.9 Å². The van der Waals surface area contributed by atoms with Crippen LogP contribution in [0.1, 0.15) is 5.89 Å². The summed E-state index contributed by atoms with van der Waals surface area (Å²) in [5.74, 6) is 1.13. The van der Waals surface area contributed by atoms with E-state index in [1.807, 2.05) is 0 Å². The lowest BCUT2D eigenvalue weighted by Crippen LogP contribution is -1.95. The van der Waals surface area contributed by atoms with Crippen molar-refractivity contribution in [3.63, 3.8) is 0 Å². The second-order valence-corrected chi connectivity index (χ2v) is 4.07. The molecule has 2 rings (SSSR count). The van der Waals surface area contributed by atoms with Gasteiger partial charge in [0.15, 0.2) is 0 Å². The van der Waals surface area contributed by atoms with Gasteiger partial charge in [0.1, 0.15) is 11.5 Å². The summed E-state index contributed by atoms with van der Waals surface area (Å²) in [7, 11) is 1.51. The van der Waals surface area contributed by atoms with Gasteiger partial charge in [0, 0.05) is 6.07 Å². The molecule has 0 atom stereocenters. The van der Waals surface area contributed by atoms with Gasteiger partial charge in [-0.25, -0.2) is 0 Å². The summed E-state index contributed by atoms with van der Waals surface area (Å²) in [5.41, 5.74) is 5.81. The molecule has 17 heavy (non-hydrogen) atoms. The summed E-state index contributed by atoms with van der Waals surface area (Å²) in [4.78, 5) is 4.03. The molecule has 0 aliphatic rings. The second kappa shape index (κ2) is 4.72. The van der Waals surface area contributed by atoms with Crippen LogP contribution in [-0.2, 0) is 6.54 Å². The molecule has 1 aromatic carbocycles. The topological polar surface area (TPSA) is 94.4 Å². The van der Waals surface area contributed by atoms with Crippen molar-refractivity contribution in [2.45, 2.75) is 6.54 Å². The van der Waals surface area contributed by atoms with Gasteiger partial charge in [-0.15, -0.1) is 0 Å². The Morgan fingerprint density at radius 2 is 2.29 bits per heavy atom. The van der Waals surface area contributed by atoms with Crippen LogP contribution in [0.3, 0.4) is 0 Å². The number of aromatic hydroxyl groups is 1. The number of ether oxygens (including phenoxy) is 1. The molecule has 0 saturated heterocycles. The molecule has 2 aromatic rings. The van der Waals surface area contributed by atoms with Crippen LogP contribution in [0.5, 0.6) is 11.5 Å². The molecule has 90 valence electrons. The number of nitrogens with two attached hydrogens (primary N) is 1. The maximum Gasteiger partial charge on any atom is 0.240 e. The van der Waals surface area contributed by atoms with Gasteiger partial charge < -0.3 is 20.1 Å². The smallest absolute Gasteiger partial charge is 0.240 e. The first-order chi connectivity index (χ1) is 8.15. The Kier molecular flexibility index (Phi) is 3.30. The van der Waals surface area contributed by atoms with Crippen molar-refractivity contribution in [3.05, 3.63) is 22.5 Å². The van der Waals surface area contributed by atoms with Crippen molar-refractivity contribution in [3.8, 4) is 22.9 Å². The highest BCUT2D eigenvalue weighted by Crippen LogP contribution is 2.36. The minimum Gasteiger partial charge on any atom is -0.507 e. The molecule has 7 heteroatoms. The molecule has 0 bridgehead atoms. The summed E-state index contributed by atoms with van der Waals surface area (Å²) < 4.78 is 10.6. The van der Waals surface area contributed by atoms with E-state index >= 15 is 0 Å². The number of methoxy groups -OCH3 is 1. The first-order valence-electron chi connectivity index (χ1n) is 4.75. The number of aromatic nitrogens is 2. The average Bonchev–Trinajstić information content (AvgIpc) is 2.80. The number of nitrogens with zero attached hydrogens (tertiary/aromatic N) is 2. The van der Waals surface area contributed by atoms with Crippen LogP contribution in [0.4, 0.5) is 0 Å². The van der Waals surface area contributed by atoms with Crippen molar-refractivity contribution in [2.24, 2.45) is 5.73 Å². The van der Waals surface area contributed by atoms with E-state index in [1.54, 1.807) is 6.07 Å². The number of hydrogen-bond donors (Lipinski definition) is 2. The van der Waals surface area contributed by atoms with E-state index in [4.69, 9.17) is 15.0 Å². The van der Waals surface area contributed by atoms with E-state index in [0.717, 1.165) is 0 Å². The van der Waals surface area contributed by atoms with Crippen molar-refractivity contribution >= 4 is 15.9 Å². The molecule has 1 heterocycles. The Labute approximate surface area is 106 Å². The predicted octanol–water partition coefficient (Wildman–Crippen LogP) is 1.67. The number of phenolic OH excluding ortho intramolecular Hbond substituents is 1. The lowest BCUT2D eigenvalue weighted by molar-refractivity contribution is 0.380. The van der Waals surface area contributed by atoms with Gasteiger partial charge >= 0.3 is 0 Å². The Hall–Kier alpha value is -1.60. The molecule has 0 aliphatic carbocycles. The maximum atomic E-state index is 9.83. The number of benzene rings is 1. The first kappa shape index (κ1) is 11.9. The lowest BCUT2D eigenvalue weighted by atomic mass is 10.2. The minimum absolute atomic E-state index is 0.00872. The molecule has 0 spiro atoms. The zero-order chi connectivity index (χ0) is 12.4. The van der Waals surface area contributed by atoms with Gasteiger partial charge in [0.2, 0.25) is 11.7 Å². The quantitative estimate of drug-likeness (QED) is 0.895. The number of phenols is 1. The van der Waals surface area contributed by atoms with Gasteiger partial charge in [0.25, 0.3) is 0 Å². The Morgan fingerprint density at radius 3 is 2.88 bits per heavy atom. The van der Waals surface area contributed by atoms with Crippen LogP contribution in [0.2, 0.25) is 0 Å². The van der Waals surface area contributed by atoms with Crippen LogP contribution in [0, 0.1) is 0 Å². The third-order valence-corrected chi connectivity index (χ3v) is 2.77. The van der Waals surface area contributed by atoms with Gasteiger partial charge in [-0.2, -0.15) is 4.98 Å². The summed E-state index contributed by atoms with van der Waals surface area (Å²) in [5, 5.41) is 13.6. The first-order valence-corrected chi connectivity index (χ1v) is 5.54. The number of hydrogen-bond acceptors (Lipinski definition) is 6. The van der Waals surface area contributed by atoms with E-state index in [-0.39, 0.29) is 18.1 Å². The van der Waals surface area contributed by atoms with Crippen LogP contribution < -0.4 is 10.5 Å². The van der Waals surface area contributed by atoms with Crippen molar-refractivity contribution in [1.29, 1.82) is 0 Å². The molecule has 0 saturated carbocycles.